The molecule has 1 aliphatic rings. The molecule has 2 aromatic rings. The van der Waals surface area contributed by atoms with Crippen LogP contribution in [0.25, 0.3) is 0 Å². The van der Waals surface area contributed by atoms with E-state index < -0.39 is 38.0 Å². The number of carbonyl (C=O) groups is 1. The van der Waals surface area contributed by atoms with E-state index >= 15 is 0 Å². The molecule has 1 amide bonds. The van der Waals surface area contributed by atoms with Gasteiger partial charge in [0.1, 0.15) is 16.5 Å². The summed E-state index contributed by atoms with van der Waals surface area (Å²) in [6, 6.07) is 2.31. The van der Waals surface area contributed by atoms with Crippen LogP contribution in [0.3, 0.4) is 0 Å². The molecule has 1 saturated heterocycles. The Balaban J connectivity index is 1.65. The Labute approximate surface area is 167 Å². The lowest BCUT2D eigenvalue weighted by atomic mass is 9.95. The number of amides is 1. The van der Waals surface area contributed by atoms with Crippen molar-refractivity contribution in [2.24, 2.45) is 5.92 Å². The lowest BCUT2D eigenvalue weighted by molar-refractivity contribution is -0.128. The second-order valence-electron chi connectivity index (χ2n) is 7.50. The van der Waals surface area contributed by atoms with E-state index in [0.717, 1.165) is 16.4 Å². The first kappa shape index (κ1) is 21.3. The summed E-state index contributed by atoms with van der Waals surface area (Å²) in [4.78, 5) is 16.1. The smallest absolute Gasteiger partial charge is 0.246 e. The van der Waals surface area contributed by atoms with Gasteiger partial charge in [0.05, 0.1) is 5.54 Å². The van der Waals surface area contributed by atoms with Gasteiger partial charge in [-0.15, -0.1) is 0 Å². The molecule has 3 rings (SSSR count). The molecule has 0 bridgehead atoms. The van der Waals surface area contributed by atoms with Crippen molar-refractivity contribution in [2.45, 2.75) is 44.0 Å². The van der Waals surface area contributed by atoms with Crippen LogP contribution in [0.15, 0.2) is 27.6 Å². The molecule has 158 valence electrons. The van der Waals surface area contributed by atoms with E-state index in [9.17, 15) is 22.0 Å². The molecule has 1 aliphatic heterocycles. The van der Waals surface area contributed by atoms with Gasteiger partial charge in [-0.1, -0.05) is 5.16 Å². The molecule has 1 aromatic heterocycles. The highest BCUT2D eigenvalue weighted by Crippen LogP contribution is 2.27. The van der Waals surface area contributed by atoms with Crippen molar-refractivity contribution >= 4 is 15.9 Å². The molecule has 1 fully saturated rings. The Morgan fingerprint density at radius 1 is 1.28 bits per heavy atom. The maximum atomic E-state index is 13.9. The molecule has 8 nitrogen and oxygen atoms in total. The number of benzene rings is 1. The Morgan fingerprint density at radius 3 is 2.52 bits per heavy atom. The SMILES string of the molecule is Cc1nc(C(C)(C)NC(=O)C2CCN(S(=O)(=O)c3cc(F)ccc3F)CC2)no1. The van der Waals surface area contributed by atoms with Crippen LogP contribution in [0.5, 0.6) is 0 Å². The number of piperidine rings is 1. The van der Waals surface area contributed by atoms with Gasteiger partial charge in [-0.2, -0.15) is 9.29 Å². The van der Waals surface area contributed by atoms with Crippen molar-refractivity contribution in [3.8, 4) is 0 Å². The van der Waals surface area contributed by atoms with Crippen LogP contribution < -0.4 is 5.32 Å². The van der Waals surface area contributed by atoms with E-state index in [-0.39, 0.29) is 31.8 Å². The van der Waals surface area contributed by atoms with E-state index in [1.807, 2.05) is 0 Å². The highest BCUT2D eigenvalue weighted by molar-refractivity contribution is 7.89. The fourth-order valence-electron chi connectivity index (χ4n) is 3.19. The highest BCUT2D eigenvalue weighted by atomic mass is 32.2. The third kappa shape index (κ3) is 4.45. The molecular formula is C18H22F2N4O4S. The zero-order valence-electron chi connectivity index (χ0n) is 16.3. The number of hydrogen-bond donors (Lipinski definition) is 1. The third-order valence-electron chi connectivity index (χ3n) is 4.86. The van der Waals surface area contributed by atoms with Gasteiger partial charge in [0.2, 0.25) is 21.8 Å². The predicted octanol–water partition coefficient (Wildman–Crippen LogP) is 2.11. The van der Waals surface area contributed by atoms with Crippen molar-refractivity contribution < 1.29 is 26.5 Å². The van der Waals surface area contributed by atoms with Crippen LogP contribution in [-0.2, 0) is 20.4 Å². The molecular weight excluding hydrogens is 406 g/mol. The number of nitrogens with zero attached hydrogens (tertiary/aromatic N) is 3. The second kappa shape index (κ2) is 7.79. The Bertz CT molecular complexity index is 1010. The van der Waals surface area contributed by atoms with Crippen LogP contribution in [-0.4, -0.2) is 41.9 Å². The van der Waals surface area contributed by atoms with Gasteiger partial charge in [0.15, 0.2) is 5.82 Å². The van der Waals surface area contributed by atoms with Gasteiger partial charge in [0, 0.05) is 25.9 Å². The molecule has 0 saturated carbocycles. The first-order chi connectivity index (χ1) is 13.5. The maximum Gasteiger partial charge on any atom is 0.246 e. The van der Waals surface area contributed by atoms with Crippen molar-refractivity contribution in [1.82, 2.24) is 19.8 Å². The predicted molar refractivity (Wildman–Crippen MR) is 98.0 cm³/mol. The zero-order chi connectivity index (χ0) is 21.4. The average molecular weight is 428 g/mol. The summed E-state index contributed by atoms with van der Waals surface area (Å²) in [7, 11) is -4.19. The maximum absolute atomic E-state index is 13.9. The average Bonchev–Trinajstić information content (AvgIpc) is 3.11. The van der Waals surface area contributed by atoms with E-state index in [1.54, 1.807) is 20.8 Å². The number of nitrogens with one attached hydrogen (secondary N) is 1. The number of aromatic nitrogens is 2. The first-order valence-electron chi connectivity index (χ1n) is 9.09. The molecule has 2 heterocycles. The van der Waals surface area contributed by atoms with Crippen molar-refractivity contribution in [3.05, 3.63) is 41.5 Å². The molecule has 1 N–H and O–H groups in total. The normalized spacial score (nSPS) is 16.7. The number of rotatable bonds is 5. The van der Waals surface area contributed by atoms with E-state index in [2.05, 4.69) is 15.5 Å². The monoisotopic (exact) mass is 428 g/mol. The molecule has 0 unspecified atom stereocenters. The first-order valence-corrected chi connectivity index (χ1v) is 10.5. The van der Waals surface area contributed by atoms with Crippen LogP contribution in [0, 0.1) is 24.5 Å². The van der Waals surface area contributed by atoms with Gasteiger partial charge < -0.3 is 9.84 Å². The van der Waals surface area contributed by atoms with Gasteiger partial charge in [-0.3, -0.25) is 4.79 Å². The van der Waals surface area contributed by atoms with Gasteiger partial charge in [-0.25, -0.2) is 17.2 Å². The largest absolute Gasteiger partial charge is 0.344 e. The summed E-state index contributed by atoms with van der Waals surface area (Å²) < 4.78 is 58.6. The molecule has 0 atom stereocenters. The minimum atomic E-state index is -4.19. The highest BCUT2D eigenvalue weighted by Gasteiger charge is 2.36. The summed E-state index contributed by atoms with van der Waals surface area (Å²) in [5.74, 6) is -1.81. The third-order valence-corrected chi connectivity index (χ3v) is 6.77. The van der Waals surface area contributed by atoms with Crippen LogP contribution >= 0.6 is 0 Å². The quantitative estimate of drug-likeness (QED) is 0.782. The molecule has 0 spiro atoms. The van der Waals surface area contributed by atoms with Crippen LogP contribution in [0.4, 0.5) is 8.78 Å². The van der Waals surface area contributed by atoms with Crippen molar-refractivity contribution in [1.29, 1.82) is 0 Å². The summed E-state index contributed by atoms with van der Waals surface area (Å²) in [6.07, 6.45) is 0.507. The molecule has 0 radical (unpaired) electrons. The topological polar surface area (TPSA) is 105 Å². The fraction of sp³-hybridized carbons (Fsp3) is 0.500. The van der Waals surface area contributed by atoms with Gasteiger partial charge in [-0.05, 0) is 44.9 Å². The molecule has 11 heteroatoms. The summed E-state index contributed by atoms with van der Waals surface area (Å²) in [5, 5.41) is 6.68. The number of halogens is 2. The minimum absolute atomic E-state index is 0.0259. The molecule has 0 aliphatic carbocycles. The second-order valence-corrected chi connectivity index (χ2v) is 9.41. The summed E-state index contributed by atoms with van der Waals surface area (Å²) in [6.45, 7) is 5.17. The number of carbonyl (C=O) groups excluding carboxylic acids is 1. The number of sulfonamides is 1. The summed E-state index contributed by atoms with van der Waals surface area (Å²) >= 11 is 0. The lowest BCUT2D eigenvalue weighted by Gasteiger charge is -2.32. The van der Waals surface area contributed by atoms with Crippen LogP contribution in [0.2, 0.25) is 0 Å². The standard InChI is InChI=1S/C18H22F2N4O4S/c1-11-21-17(23-28-11)18(2,3)22-16(25)12-6-8-24(9-7-12)29(26,27)15-10-13(19)4-5-14(15)20/h4-5,10,12H,6-9H2,1-3H3,(H,22,25). The van der Waals surface area contributed by atoms with E-state index in [4.69, 9.17) is 4.52 Å². The van der Waals surface area contributed by atoms with Gasteiger partial charge >= 0.3 is 0 Å². The van der Waals surface area contributed by atoms with Crippen LogP contribution in [0.1, 0.15) is 38.4 Å². The van der Waals surface area contributed by atoms with E-state index in [0.29, 0.717) is 17.8 Å². The van der Waals surface area contributed by atoms with Crippen molar-refractivity contribution in [2.75, 3.05) is 13.1 Å². The number of hydrogen-bond acceptors (Lipinski definition) is 6. The van der Waals surface area contributed by atoms with Crippen molar-refractivity contribution in [3.63, 3.8) is 0 Å². The summed E-state index contributed by atoms with van der Waals surface area (Å²) in [5.41, 5.74) is -0.858. The molecule has 1 aromatic carbocycles. The fourth-order valence-corrected chi connectivity index (χ4v) is 4.74. The van der Waals surface area contributed by atoms with Gasteiger partial charge in [0.25, 0.3) is 0 Å². The zero-order valence-corrected chi connectivity index (χ0v) is 17.1. The van der Waals surface area contributed by atoms with E-state index in [1.165, 1.54) is 0 Å². The lowest BCUT2D eigenvalue weighted by Crippen LogP contribution is -2.48. The Morgan fingerprint density at radius 2 is 1.93 bits per heavy atom. The minimum Gasteiger partial charge on any atom is -0.344 e. The Kier molecular flexibility index (Phi) is 5.72. The molecule has 29 heavy (non-hydrogen) atoms. The number of aryl methyl sites for hydroxylation is 1. The Hall–Kier alpha value is -2.40.